The SMILES string of the molecule is CNC(=O)COC(=O)C1CCN(S(=O)(=O)c2ccc3c(c2)CCCC3)CC1. The first-order valence-electron chi connectivity index (χ1n) is 9.41. The van der Waals surface area contributed by atoms with Gasteiger partial charge in [-0.05, 0) is 61.8 Å². The fourth-order valence-corrected chi connectivity index (χ4v) is 5.20. The molecule has 148 valence electrons. The molecule has 0 bridgehead atoms. The molecule has 7 nitrogen and oxygen atoms in total. The molecule has 2 aliphatic rings. The lowest BCUT2D eigenvalue weighted by Gasteiger charge is -2.30. The lowest BCUT2D eigenvalue weighted by molar-refractivity contribution is -0.153. The Bertz CT molecular complexity index is 813. The number of nitrogens with zero attached hydrogens (tertiary/aromatic N) is 1. The Kier molecular flexibility index (Phi) is 6.16. The fourth-order valence-electron chi connectivity index (χ4n) is 3.68. The van der Waals surface area contributed by atoms with Crippen LogP contribution in [0, 0.1) is 5.92 Å². The number of amides is 1. The van der Waals surface area contributed by atoms with Crippen molar-refractivity contribution in [1.82, 2.24) is 9.62 Å². The Balaban J connectivity index is 1.61. The normalized spacial score (nSPS) is 18.6. The largest absolute Gasteiger partial charge is 0.455 e. The molecule has 1 amide bonds. The van der Waals surface area contributed by atoms with Crippen LogP contribution < -0.4 is 5.32 Å². The molecule has 1 fully saturated rings. The lowest BCUT2D eigenvalue weighted by atomic mass is 9.92. The molecular formula is C19H26N2O5S. The number of rotatable bonds is 5. The van der Waals surface area contributed by atoms with Gasteiger partial charge in [0.2, 0.25) is 10.0 Å². The maximum absolute atomic E-state index is 13.0. The summed E-state index contributed by atoms with van der Waals surface area (Å²) in [5.41, 5.74) is 2.38. The molecule has 1 N–H and O–H groups in total. The van der Waals surface area contributed by atoms with Gasteiger partial charge in [0.1, 0.15) is 0 Å². The predicted octanol–water partition coefficient (Wildman–Crippen LogP) is 1.26. The Hall–Kier alpha value is -1.93. The third-order valence-electron chi connectivity index (χ3n) is 5.37. The summed E-state index contributed by atoms with van der Waals surface area (Å²) in [4.78, 5) is 23.5. The Morgan fingerprint density at radius 3 is 2.48 bits per heavy atom. The average Bonchev–Trinajstić information content (AvgIpc) is 2.71. The summed E-state index contributed by atoms with van der Waals surface area (Å²) < 4.78 is 32.3. The number of piperidine rings is 1. The highest BCUT2D eigenvalue weighted by molar-refractivity contribution is 7.89. The van der Waals surface area contributed by atoms with E-state index in [9.17, 15) is 18.0 Å². The number of fused-ring (bicyclic) bond motifs is 1. The number of esters is 1. The summed E-state index contributed by atoms with van der Waals surface area (Å²) in [5, 5.41) is 2.39. The molecule has 3 rings (SSSR count). The van der Waals surface area contributed by atoms with E-state index in [4.69, 9.17) is 4.74 Å². The van der Waals surface area contributed by atoms with Crippen LogP contribution in [0.5, 0.6) is 0 Å². The number of nitrogens with one attached hydrogen (secondary N) is 1. The van der Waals surface area contributed by atoms with Crippen molar-refractivity contribution >= 4 is 21.9 Å². The molecule has 0 radical (unpaired) electrons. The zero-order chi connectivity index (χ0) is 19.4. The van der Waals surface area contributed by atoms with Crippen LogP contribution in [-0.4, -0.2) is 51.3 Å². The van der Waals surface area contributed by atoms with E-state index in [2.05, 4.69) is 5.32 Å². The molecule has 1 heterocycles. The van der Waals surface area contributed by atoms with Gasteiger partial charge < -0.3 is 10.1 Å². The van der Waals surface area contributed by atoms with Gasteiger partial charge in [0.15, 0.2) is 6.61 Å². The molecule has 0 spiro atoms. The highest BCUT2D eigenvalue weighted by Gasteiger charge is 2.33. The first kappa shape index (κ1) is 19.8. The average molecular weight is 394 g/mol. The van der Waals surface area contributed by atoms with E-state index in [1.54, 1.807) is 6.07 Å². The van der Waals surface area contributed by atoms with Gasteiger partial charge in [0.25, 0.3) is 5.91 Å². The van der Waals surface area contributed by atoms with Crippen molar-refractivity contribution in [2.24, 2.45) is 5.92 Å². The second-order valence-electron chi connectivity index (χ2n) is 7.10. The highest BCUT2D eigenvalue weighted by Crippen LogP contribution is 2.28. The van der Waals surface area contributed by atoms with Crippen LogP contribution in [0.2, 0.25) is 0 Å². The molecule has 8 heteroatoms. The summed E-state index contributed by atoms with van der Waals surface area (Å²) >= 11 is 0. The van der Waals surface area contributed by atoms with Crippen molar-refractivity contribution in [3.8, 4) is 0 Å². The van der Waals surface area contributed by atoms with Crippen molar-refractivity contribution in [3.63, 3.8) is 0 Å². The molecular weight excluding hydrogens is 368 g/mol. The van der Waals surface area contributed by atoms with Crippen molar-refractivity contribution in [3.05, 3.63) is 29.3 Å². The molecule has 27 heavy (non-hydrogen) atoms. The molecule has 0 saturated carbocycles. The summed E-state index contributed by atoms with van der Waals surface area (Å²) in [5.74, 6) is -1.18. The van der Waals surface area contributed by atoms with Crippen LogP contribution >= 0.6 is 0 Å². The minimum atomic E-state index is -3.56. The first-order valence-corrected chi connectivity index (χ1v) is 10.8. The highest BCUT2D eigenvalue weighted by atomic mass is 32.2. The third-order valence-corrected chi connectivity index (χ3v) is 7.26. The van der Waals surface area contributed by atoms with Crippen molar-refractivity contribution in [1.29, 1.82) is 0 Å². The number of aryl methyl sites for hydroxylation is 2. The Morgan fingerprint density at radius 2 is 1.81 bits per heavy atom. The minimum absolute atomic E-state index is 0.277. The van der Waals surface area contributed by atoms with Crippen LogP contribution in [0.3, 0.4) is 0 Å². The third kappa shape index (κ3) is 4.50. The standard InChI is InChI=1S/C19H26N2O5S/c1-20-18(22)13-26-19(23)15-8-10-21(11-9-15)27(24,25)17-7-6-14-4-2-3-5-16(14)12-17/h6-7,12,15H,2-5,8-11,13H2,1H3,(H,20,22). The van der Waals surface area contributed by atoms with E-state index in [1.165, 1.54) is 16.9 Å². The number of sulfonamides is 1. The van der Waals surface area contributed by atoms with E-state index in [-0.39, 0.29) is 31.5 Å². The van der Waals surface area contributed by atoms with Crippen LogP contribution in [0.15, 0.2) is 23.1 Å². The molecule has 1 saturated heterocycles. The van der Waals surface area contributed by atoms with Crippen LogP contribution in [0.1, 0.15) is 36.8 Å². The number of benzene rings is 1. The zero-order valence-corrected chi connectivity index (χ0v) is 16.4. The maximum Gasteiger partial charge on any atom is 0.309 e. The Labute approximate surface area is 160 Å². The number of hydrogen-bond acceptors (Lipinski definition) is 5. The van der Waals surface area contributed by atoms with Crippen LogP contribution in [0.25, 0.3) is 0 Å². The second kappa shape index (κ2) is 8.39. The van der Waals surface area contributed by atoms with Crippen molar-refractivity contribution in [2.75, 3.05) is 26.7 Å². The van der Waals surface area contributed by atoms with Gasteiger partial charge in [-0.1, -0.05) is 6.07 Å². The van der Waals surface area contributed by atoms with Crippen LogP contribution in [0.4, 0.5) is 0 Å². The summed E-state index contributed by atoms with van der Waals surface area (Å²) in [7, 11) is -2.08. The maximum atomic E-state index is 13.0. The van der Waals surface area contributed by atoms with Crippen LogP contribution in [-0.2, 0) is 37.2 Å². The first-order chi connectivity index (χ1) is 12.9. The predicted molar refractivity (Wildman–Crippen MR) is 99.6 cm³/mol. The zero-order valence-electron chi connectivity index (χ0n) is 15.6. The van der Waals surface area contributed by atoms with Gasteiger partial charge >= 0.3 is 5.97 Å². The van der Waals surface area contributed by atoms with Gasteiger partial charge in [0.05, 0.1) is 10.8 Å². The fraction of sp³-hybridized carbons (Fsp3) is 0.579. The van der Waals surface area contributed by atoms with Gasteiger partial charge in [-0.3, -0.25) is 9.59 Å². The van der Waals surface area contributed by atoms with E-state index >= 15 is 0 Å². The molecule has 0 aromatic heterocycles. The van der Waals surface area contributed by atoms with Crippen molar-refractivity contribution < 1.29 is 22.7 Å². The quantitative estimate of drug-likeness (QED) is 0.759. The minimum Gasteiger partial charge on any atom is -0.455 e. The van der Waals surface area contributed by atoms with E-state index in [0.717, 1.165) is 31.2 Å². The number of hydrogen-bond donors (Lipinski definition) is 1. The van der Waals surface area contributed by atoms with Gasteiger partial charge in [-0.25, -0.2) is 8.42 Å². The van der Waals surface area contributed by atoms with Gasteiger partial charge in [0, 0.05) is 20.1 Å². The topological polar surface area (TPSA) is 92.8 Å². The molecule has 1 aliphatic carbocycles. The van der Waals surface area contributed by atoms with E-state index < -0.39 is 16.0 Å². The summed E-state index contributed by atoms with van der Waals surface area (Å²) in [6, 6.07) is 5.45. The summed E-state index contributed by atoms with van der Waals surface area (Å²) in [6.07, 6.45) is 4.99. The Morgan fingerprint density at radius 1 is 1.15 bits per heavy atom. The number of likely N-dealkylation sites (N-methyl/N-ethyl adjacent to an activating group) is 1. The van der Waals surface area contributed by atoms with Crippen molar-refractivity contribution in [2.45, 2.75) is 43.4 Å². The molecule has 1 aromatic carbocycles. The van der Waals surface area contributed by atoms with Gasteiger partial charge in [-0.15, -0.1) is 0 Å². The molecule has 1 aliphatic heterocycles. The van der Waals surface area contributed by atoms with Gasteiger partial charge in [-0.2, -0.15) is 4.31 Å². The molecule has 0 unspecified atom stereocenters. The second-order valence-corrected chi connectivity index (χ2v) is 9.03. The number of carbonyl (C=O) groups excluding carboxylic acids is 2. The molecule has 0 atom stereocenters. The smallest absolute Gasteiger partial charge is 0.309 e. The van der Waals surface area contributed by atoms with E-state index in [0.29, 0.717) is 17.7 Å². The number of carbonyl (C=O) groups is 2. The number of ether oxygens (including phenoxy) is 1. The lowest BCUT2D eigenvalue weighted by Crippen LogP contribution is -2.41. The van der Waals surface area contributed by atoms with E-state index in [1.807, 2.05) is 12.1 Å². The summed E-state index contributed by atoms with van der Waals surface area (Å²) in [6.45, 7) is 0.251. The molecule has 1 aromatic rings. The monoisotopic (exact) mass is 394 g/mol.